The first-order valence-electron chi connectivity index (χ1n) is 9.05. The van der Waals surface area contributed by atoms with E-state index in [2.05, 4.69) is 19.1 Å². The van der Waals surface area contributed by atoms with Crippen molar-refractivity contribution < 1.29 is 24.8 Å². The molecule has 1 fully saturated rings. The van der Waals surface area contributed by atoms with Crippen molar-refractivity contribution in [2.75, 3.05) is 19.8 Å². The zero-order chi connectivity index (χ0) is 16.9. The third-order valence-electron chi connectivity index (χ3n) is 4.22. The summed E-state index contributed by atoms with van der Waals surface area (Å²) in [5.41, 5.74) is 0. The molecule has 136 valence electrons. The molecule has 0 aromatic rings. The summed E-state index contributed by atoms with van der Waals surface area (Å²) in [5, 5.41) is 28.8. The Morgan fingerprint density at radius 2 is 1.74 bits per heavy atom. The Morgan fingerprint density at radius 1 is 1.04 bits per heavy atom. The van der Waals surface area contributed by atoms with E-state index in [1.807, 2.05) is 0 Å². The number of rotatable bonds is 12. The highest BCUT2D eigenvalue weighted by atomic mass is 16.6. The lowest BCUT2D eigenvalue weighted by Gasteiger charge is -2.37. The van der Waals surface area contributed by atoms with Crippen molar-refractivity contribution in [3.63, 3.8) is 0 Å². The van der Waals surface area contributed by atoms with Crippen LogP contribution in [-0.4, -0.2) is 59.6 Å². The maximum atomic E-state index is 9.92. The summed E-state index contributed by atoms with van der Waals surface area (Å²) < 4.78 is 10.9. The Morgan fingerprint density at radius 3 is 2.39 bits per heavy atom. The Bertz CT molecular complexity index is 306. The van der Waals surface area contributed by atoms with Crippen LogP contribution in [0, 0.1) is 0 Å². The van der Waals surface area contributed by atoms with E-state index in [0.29, 0.717) is 6.61 Å². The summed E-state index contributed by atoms with van der Waals surface area (Å²) in [6.45, 7) is 2.54. The molecule has 0 aliphatic carbocycles. The van der Waals surface area contributed by atoms with Gasteiger partial charge in [-0.3, -0.25) is 0 Å². The van der Waals surface area contributed by atoms with Crippen LogP contribution < -0.4 is 0 Å². The Balaban J connectivity index is 2.06. The third-order valence-corrected chi connectivity index (χ3v) is 4.22. The minimum Gasteiger partial charge on any atom is -0.394 e. The topological polar surface area (TPSA) is 79.2 Å². The predicted octanol–water partition coefficient (Wildman–Crippen LogP) is 2.18. The van der Waals surface area contributed by atoms with Crippen molar-refractivity contribution in [1.29, 1.82) is 0 Å². The van der Waals surface area contributed by atoms with E-state index in [1.165, 1.54) is 25.7 Å². The van der Waals surface area contributed by atoms with E-state index >= 15 is 0 Å². The minimum absolute atomic E-state index is 0.0370. The predicted molar refractivity (Wildman–Crippen MR) is 90.3 cm³/mol. The second kappa shape index (κ2) is 12.9. The number of aliphatic hydroxyl groups is 3. The summed E-state index contributed by atoms with van der Waals surface area (Å²) in [5.74, 6) is 0. The maximum Gasteiger partial charge on any atom is 0.114 e. The van der Waals surface area contributed by atoms with Gasteiger partial charge in [0.2, 0.25) is 0 Å². The second-order valence-electron chi connectivity index (χ2n) is 6.26. The largest absolute Gasteiger partial charge is 0.394 e. The molecule has 3 N–H and O–H groups in total. The molecule has 1 aliphatic heterocycles. The van der Waals surface area contributed by atoms with Crippen LogP contribution in [0.5, 0.6) is 0 Å². The average molecular weight is 330 g/mol. The van der Waals surface area contributed by atoms with Crippen LogP contribution in [0.1, 0.15) is 58.3 Å². The highest BCUT2D eigenvalue weighted by Gasteiger charge is 2.39. The van der Waals surface area contributed by atoms with Crippen molar-refractivity contribution in [2.45, 2.75) is 82.7 Å². The van der Waals surface area contributed by atoms with Crippen LogP contribution in [0.3, 0.4) is 0 Å². The molecule has 4 atom stereocenters. The molecular weight excluding hydrogens is 296 g/mol. The lowest BCUT2D eigenvalue weighted by Crippen LogP contribution is -2.55. The van der Waals surface area contributed by atoms with E-state index in [0.717, 1.165) is 25.7 Å². The zero-order valence-corrected chi connectivity index (χ0v) is 14.4. The van der Waals surface area contributed by atoms with Gasteiger partial charge in [-0.1, -0.05) is 38.3 Å². The molecule has 23 heavy (non-hydrogen) atoms. The Kier molecular flexibility index (Phi) is 11.5. The summed E-state index contributed by atoms with van der Waals surface area (Å²) in [6, 6.07) is 0. The van der Waals surface area contributed by atoms with Gasteiger partial charge < -0.3 is 24.8 Å². The molecule has 0 aromatic heterocycles. The molecule has 1 saturated heterocycles. The molecular formula is C18H34O5. The van der Waals surface area contributed by atoms with Crippen LogP contribution >= 0.6 is 0 Å². The summed E-state index contributed by atoms with van der Waals surface area (Å²) in [4.78, 5) is 0. The van der Waals surface area contributed by atoms with Crippen LogP contribution in [0.25, 0.3) is 0 Å². The van der Waals surface area contributed by atoms with Gasteiger partial charge in [-0.2, -0.15) is 0 Å². The molecule has 0 unspecified atom stereocenters. The molecule has 1 rings (SSSR count). The van der Waals surface area contributed by atoms with Crippen LogP contribution in [0.15, 0.2) is 12.2 Å². The fourth-order valence-corrected chi connectivity index (χ4v) is 2.73. The molecule has 0 spiro atoms. The molecule has 0 amide bonds. The van der Waals surface area contributed by atoms with Crippen molar-refractivity contribution in [2.24, 2.45) is 0 Å². The number of hydrogen-bond acceptors (Lipinski definition) is 5. The average Bonchev–Trinajstić information content (AvgIpc) is 2.56. The van der Waals surface area contributed by atoms with Gasteiger partial charge in [-0.25, -0.2) is 0 Å². The molecule has 0 bridgehead atoms. The van der Waals surface area contributed by atoms with Crippen LogP contribution in [0.4, 0.5) is 0 Å². The van der Waals surface area contributed by atoms with Crippen molar-refractivity contribution in [1.82, 2.24) is 0 Å². The fraction of sp³-hybridized carbons (Fsp3) is 0.889. The van der Waals surface area contributed by atoms with Crippen molar-refractivity contribution >= 4 is 0 Å². The van der Waals surface area contributed by atoms with Gasteiger partial charge in [-0.05, 0) is 32.1 Å². The first-order chi connectivity index (χ1) is 11.2. The molecule has 1 aliphatic rings. The van der Waals surface area contributed by atoms with E-state index < -0.39 is 24.4 Å². The summed E-state index contributed by atoms with van der Waals surface area (Å²) in [7, 11) is 0. The van der Waals surface area contributed by atoms with Gasteiger partial charge in [0, 0.05) is 6.61 Å². The summed E-state index contributed by atoms with van der Waals surface area (Å²) in [6.07, 6.45) is 10.6. The fourth-order valence-electron chi connectivity index (χ4n) is 2.73. The van der Waals surface area contributed by atoms with Gasteiger partial charge >= 0.3 is 0 Å². The van der Waals surface area contributed by atoms with Gasteiger partial charge in [0.1, 0.15) is 24.4 Å². The molecule has 5 heteroatoms. The van der Waals surface area contributed by atoms with E-state index in [1.54, 1.807) is 0 Å². The highest BCUT2D eigenvalue weighted by molar-refractivity contribution is 4.87. The first-order valence-corrected chi connectivity index (χ1v) is 9.05. The van der Waals surface area contributed by atoms with Gasteiger partial charge in [0.15, 0.2) is 0 Å². The minimum atomic E-state index is -0.996. The van der Waals surface area contributed by atoms with Gasteiger partial charge in [0.25, 0.3) is 0 Å². The number of ether oxygens (including phenoxy) is 2. The monoisotopic (exact) mass is 330 g/mol. The molecule has 1 heterocycles. The SMILES string of the molecule is CCCCCC/C=C/CCCCO[C@@H]1[C@@H](O)[C@H](O)CO[C@H]1CO. The van der Waals surface area contributed by atoms with E-state index in [4.69, 9.17) is 9.47 Å². The highest BCUT2D eigenvalue weighted by Crippen LogP contribution is 2.19. The zero-order valence-electron chi connectivity index (χ0n) is 14.4. The van der Waals surface area contributed by atoms with Gasteiger partial charge in [0.05, 0.1) is 13.2 Å². The quantitative estimate of drug-likeness (QED) is 0.377. The lowest BCUT2D eigenvalue weighted by atomic mass is 10.0. The lowest BCUT2D eigenvalue weighted by molar-refractivity contribution is -0.211. The van der Waals surface area contributed by atoms with Crippen LogP contribution in [0.2, 0.25) is 0 Å². The standard InChI is InChI=1S/C18H34O5/c1-2-3-4-5-6-7-8-9-10-11-12-22-18-16(13-19)23-14-15(20)17(18)21/h7-8,15-21H,2-6,9-14H2,1H3/b8-7+/t15-,16+,17+,18+/m1/s1. The smallest absolute Gasteiger partial charge is 0.114 e. The summed E-state index contributed by atoms with van der Waals surface area (Å²) >= 11 is 0. The van der Waals surface area contributed by atoms with E-state index in [-0.39, 0.29) is 13.2 Å². The maximum absolute atomic E-state index is 9.92. The third kappa shape index (κ3) is 8.27. The Hall–Kier alpha value is -0.460. The molecule has 0 aromatic carbocycles. The Labute approximate surface area is 140 Å². The second-order valence-corrected chi connectivity index (χ2v) is 6.26. The molecule has 0 radical (unpaired) electrons. The number of aliphatic hydroxyl groups excluding tert-OH is 3. The first kappa shape index (κ1) is 20.6. The molecule has 0 saturated carbocycles. The normalized spacial score (nSPS) is 28.5. The van der Waals surface area contributed by atoms with Crippen molar-refractivity contribution in [3.8, 4) is 0 Å². The van der Waals surface area contributed by atoms with Crippen LogP contribution in [-0.2, 0) is 9.47 Å². The number of allylic oxidation sites excluding steroid dienone is 2. The number of unbranched alkanes of at least 4 members (excludes halogenated alkanes) is 6. The van der Waals surface area contributed by atoms with E-state index in [9.17, 15) is 15.3 Å². The van der Waals surface area contributed by atoms with Crippen molar-refractivity contribution in [3.05, 3.63) is 12.2 Å². The van der Waals surface area contributed by atoms with Gasteiger partial charge in [-0.15, -0.1) is 0 Å². The number of hydrogen-bond donors (Lipinski definition) is 3. The molecule has 5 nitrogen and oxygen atoms in total.